The molecule has 1 heterocycles. The molecule has 0 spiro atoms. The summed E-state index contributed by atoms with van der Waals surface area (Å²) in [5.41, 5.74) is 0.113. The van der Waals surface area contributed by atoms with Crippen LogP contribution in [0.3, 0.4) is 0 Å². The minimum atomic E-state index is -0.409. The Labute approximate surface area is 117 Å². The maximum absolute atomic E-state index is 12.2. The van der Waals surface area contributed by atoms with E-state index in [9.17, 15) is 4.79 Å². The standard InChI is InChI=1S/C12H18ClN3O3/c1-2-14-10-4-3-9(13)11(15-10)12(19)16(5-7-17)6-8-18/h3-4,17-18H,2,5-8H2,1H3,(H,14,15). The van der Waals surface area contributed by atoms with E-state index in [1.54, 1.807) is 12.1 Å². The van der Waals surface area contributed by atoms with Gasteiger partial charge in [-0.3, -0.25) is 4.79 Å². The molecule has 3 N–H and O–H groups in total. The molecule has 0 radical (unpaired) electrons. The van der Waals surface area contributed by atoms with Crippen molar-refractivity contribution in [2.24, 2.45) is 0 Å². The number of carbonyl (C=O) groups is 1. The van der Waals surface area contributed by atoms with Crippen molar-refractivity contribution < 1.29 is 15.0 Å². The second kappa shape index (κ2) is 7.93. The Balaban J connectivity index is 2.98. The van der Waals surface area contributed by atoms with Gasteiger partial charge >= 0.3 is 0 Å². The molecule has 106 valence electrons. The molecule has 1 amide bonds. The molecule has 0 aromatic carbocycles. The first-order valence-corrected chi connectivity index (χ1v) is 6.43. The Bertz CT molecular complexity index is 423. The van der Waals surface area contributed by atoms with Gasteiger partial charge in [0.2, 0.25) is 0 Å². The minimum Gasteiger partial charge on any atom is -0.395 e. The highest BCUT2D eigenvalue weighted by atomic mass is 35.5. The molecule has 1 aromatic rings. The first-order valence-electron chi connectivity index (χ1n) is 6.05. The number of rotatable bonds is 7. The lowest BCUT2D eigenvalue weighted by Crippen LogP contribution is -2.36. The van der Waals surface area contributed by atoms with Gasteiger partial charge in [0.1, 0.15) is 11.5 Å². The van der Waals surface area contributed by atoms with Crippen LogP contribution < -0.4 is 5.32 Å². The number of carbonyl (C=O) groups excluding carboxylic acids is 1. The van der Waals surface area contributed by atoms with Crippen LogP contribution in [0.15, 0.2) is 12.1 Å². The summed E-state index contributed by atoms with van der Waals surface area (Å²) in [6, 6.07) is 3.28. The fourth-order valence-electron chi connectivity index (χ4n) is 1.58. The van der Waals surface area contributed by atoms with Gasteiger partial charge in [-0.2, -0.15) is 0 Å². The average Bonchev–Trinajstić information content (AvgIpc) is 2.40. The highest BCUT2D eigenvalue weighted by molar-refractivity contribution is 6.33. The zero-order valence-electron chi connectivity index (χ0n) is 10.8. The van der Waals surface area contributed by atoms with E-state index in [4.69, 9.17) is 21.8 Å². The van der Waals surface area contributed by atoms with Crippen LogP contribution in [0.4, 0.5) is 5.82 Å². The molecule has 19 heavy (non-hydrogen) atoms. The molecule has 0 atom stereocenters. The van der Waals surface area contributed by atoms with Crippen molar-refractivity contribution in [1.82, 2.24) is 9.88 Å². The normalized spacial score (nSPS) is 10.3. The van der Waals surface area contributed by atoms with E-state index < -0.39 is 5.91 Å². The molecule has 0 saturated heterocycles. The molecule has 0 saturated carbocycles. The smallest absolute Gasteiger partial charge is 0.274 e. The Morgan fingerprint density at radius 2 is 2.00 bits per heavy atom. The number of hydrogen-bond acceptors (Lipinski definition) is 5. The summed E-state index contributed by atoms with van der Waals surface area (Å²) in [5.74, 6) is 0.149. The predicted molar refractivity (Wildman–Crippen MR) is 73.5 cm³/mol. The van der Waals surface area contributed by atoms with Crippen LogP contribution in [0.5, 0.6) is 0 Å². The summed E-state index contributed by atoms with van der Waals surface area (Å²) in [5, 5.41) is 21.1. The van der Waals surface area contributed by atoms with Gasteiger partial charge in [0, 0.05) is 19.6 Å². The molecular weight excluding hydrogens is 270 g/mol. The van der Waals surface area contributed by atoms with Gasteiger partial charge in [-0.05, 0) is 19.1 Å². The monoisotopic (exact) mass is 287 g/mol. The summed E-state index contributed by atoms with van der Waals surface area (Å²) in [6.45, 7) is 2.49. The number of anilines is 1. The summed E-state index contributed by atoms with van der Waals surface area (Å²) in [6.07, 6.45) is 0. The third kappa shape index (κ3) is 4.34. The second-order valence-electron chi connectivity index (χ2n) is 3.80. The van der Waals surface area contributed by atoms with Crippen LogP contribution in [0.2, 0.25) is 5.02 Å². The molecule has 0 unspecified atom stereocenters. The number of nitrogens with zero attached hydrogens (tertiary/aromatic N) is 2. The third-order valence-electron chi connectivity index (χ3n) is 2.43. The maximum atomic E-state index is 12.2. The lowest BCUT2D eigenvalue weighted by Gasteiger charge is -2.20. The van der Waals surface area contributed by atoms with Crippen LogP contribution in [0, 0.1) is 0 Å². The lowest BCUT2D eigenvalue weighted by atomic mass is 10.3. The number of aliphatic hydroxyl groups is 2. The van der Waals surface area contributed by atoms with Gasteiger partial charge < -0.3 is 20.4 Å². The molecule has 1 aromatic heterocycles. The van der Waals surface area contributed by atoms with Gasteiger partial charge in [-0.25, -0.2) is 4.98 Å². The van der Waals surface area contributed by atoms with E-state index in [-0.39, 0.29) is 37.0 Å². The highest BCUT2D eigenvalue weighted by Gasteiger charge is 2.19. The lowest BCUT2D eigenvalue weighted by molar-refractivity contribution is 0.0679. The van der Waals surface area contributed by atoms with Gasteiger partial charge in [0.05, 0.1) is 18.2 Å². The summed E-state index contributed by atoms with van der Waals surface area (Å²) in [4.78, 5) is 17.7. The van der Waals surface area contributed by atoms with E-state index >= 15 is 0 Å². The number of pyridine rings is 1. The number of nitrogens with one attached hydrogen (secondary N) is 1. The van der Waals surface area contributed by atoms with Crippen LogP contribution in [-0.4, -0.2) is 58.9 Å². The van der Waals surface area contributed by atoms with E-state index in [0.29, 0.717) is 12.4 Å². The zero-order chi connectivity index (χ0) is 14.3. The van der Waals surface area contributed by atoms with Crippen molar-refractivity contribution in [3.8, 4) is 0 Å². The number of aliphatic hydroxyl groups excluding tert-OH is 2. The van der Waals surface area contributed by atoms with E-state index in [0.717, 1.165) is 0 Å². The molecule has 0 bridgehead atoms. The van der Waals surface area contributed by atoms with Gasteiger partial charge in [-0.1, -0.05) is 11.6 Å². The van der Waals surface area contributed by atoms with Gasteiger partial charge in [0.15, 0.2) is 0 Å². The van der Waals surface area contributed by atoms with Crippen LogP contribution in [0.25, 0.3) is 0 Å². The van der Waals surface area contributed by atoms with Crippen molar-refractivity contribution in [3.63, 3.8) is 0 Å². The van der Waals surface area contributed by atoms with Gasteiger partial charge in [-0.15, -0.1) is 0 Å². The van der Waals surface area contributed by atoms with E-state index in [2.05, 4.69) is 10.3 Å². The number of hydrogen-bond donors (Lipinski definition) is 3. The van der Waals surface area contributed by atoms with Crippen LogP contribution in [-0.2, 0) is 0 Å². The van der Waals surface area contributed by atoms with Crippen molar-refractivity contribution in [3.05, 3.63) is 22.8 Å². The number of aromatic nitrogens is 1. The Hall–Kier alpha value is -1.37. The third-order valence-corrected chi connectivity index (χ3v) is 2.74. The first-order chi connectivity index (χ1) is 9.13. The van der Waals surface area contributed by atoms with Crippen molar-refractivity contribution in [2.75, 3.05) is 38.2 Å². The van der Waals surface area contributed by atoms with Gasteiger partial charge in [0.25, 0.3) is 5.91 Å². The average molecular weight is 288 g/mol. The quantitative estimate of drug-likeness (QED) is 0.683. The predicted octanol–water partition coefficient (Wildman–Crippen LogP) is 0.594. The Kier molecular flexibility index (Phi) is 6.55. The van der Waals surface area contributed by atoms with Crippen molar-refractivity contribution in [2.45, 2.75) is 6.92 Å². The van der Waals surface area contributed by atoms with Crippen LogP contribution >= 0.6 is 11.6 Å². The molecule has 0 aliphatic rings. The topological polar surface area (TPSA) is 85.7 Å². The molecule has 0 aliphatic carbocycles. The minimum absolute atomic E-state index is 0.113. The first kappa shape index (κ1) is 15.7. The summed E-state index contributed by atoms with van der Waals surface area (Å²) < 4.78 is 0. The van der Waals surface area contributed by atoms with Crippen LogP contribution in [0.1, 0.15) is 17.4 Å². The SMILES string of the molecule is CCNc1ccc(Cl)c(C(=O)N(CCO)CCO)n1. The molecular formula is C12H18ClN3O3. The molecule has 6 nitrogen and oxygen atoms in total. The molecule has 0 aliphatic heterocycles. The second-order valence-corrected chi connectivity index (χ2v) is 4.20. The zero-order valence-corrected chi connectivity index (χ0v) is 11.5. The maximum Gasteiger partial charge on any atom is 0.274 e. The summed E-state index contributed by atoms with van der Waals surface area (Å²) in [7, 11) is 0. The highest BCUT2D eigenvalue weighted by Crippen LogP contribution is 2.18. The summed E-state index contributed by atoms with van der Waals surface area (Å²) >= 11 is 5.97. The van der Waals surface area contributed by atoms with E-state index in [1.165, 1.54) is 4.90 Å². The largest absolute Gasteiger partial charge is 0.395 e. The number of halogens is 1. The fourth-order valence-corrected chi connectivity index (χ4v) is 1.76. The van der Waals surface area contributed by atoms with E-state index in [1.807, 2.05) is 6.92 Å². The van der Waals surface area contributed by atoms with Crippen molar-refractivity contribution in [1.29, 1.82) is 0 Å². The molecule has 0 fully saturated rings. The number of amides is 1. The molecule has 1 rings (SSSR count). The molecule has 7 heteroatoms. The fraction of sp³-hybridized carbons (Fsp3) is 0.500. The Morgan fingerprint density at radius 1 is 1.37 bits per heavy atom. The van der Waals surface area contributed by atoms with Crippen molar-refractivity contribution >= 4 is 23.3 Å². The Morgan fingerprint density at radius 3 is 2.53 bits per heavy atom.